The predicted molar refractivity (Wildman–Crippen MR) is 302 cm³/mol. The van der Waals surface area contributed by atoms with E-state index in [9.17, 15) is 14.4 Å². The molecule has 0 aromatic rings. The van der Waals surface area contributed by atoms with Gasteiger partial charge in [0.05, 0.1) is 0 Å². The zero-order chi connectivity index (χ0) is 50.7. The van der Waals surface area contributed by atoms with Crippen molar-refractivity contribution in [1.82, 2.24) is 0 Å². The van der Waals surface area contributed by atoms with Crippen molar-refractivity contribution in [2.45, 2.75) is 264 Å². The molecule has 6 heteroatoms. The normalized spacial score (nSPS) is 12.9. The van der Waals surface area contributed by atoms with Gasteiger partial charge in [-0.15, -0.1) is 0 Å². The Kier molecular flexibility index (Phi) is 54.4. The molecule has 0 aromatic carbocycles. The lowest BCUT2D eigenvalue weighted by Crippen LogP contribution is -2.30. The summed E-state index contributed by atoms with van der Waals surface area (Å²) in [6, 6.07) is 0. The van der Waals surface area contributed by atoms with Gasteiger partial charge in [0.15, 0.2) is 6.10 Å². The Morgan fingerprint density at radius 1 is 0.300 bits per heavy atom. The van der Waals surface area contributed by atoms with Crippen LogP contribution < -0.4 is 0 Å². The van der Waals surface area contributed by atoms with Crippen LogP contribution in [0.2, 0.25) is 0 Å². The molecule has 0 saturated carbocycles. The third-order valence-electron chi connectivity index (χ3n) is 12.0. The molecule has 0 amide bonds. The molecule has 0 saturated heterocycles. The molecule has 0 bridgehead atoms. The summed E-state index contributed by atoms with van der Waals surface area (Å²) in [6.07, 6.45) is 78.2. The molecule has 0 aliphatic carbocycles. The third-order valence-corrected chi connectivity index (χ3v) is 12.0. The van der Waals surface area contributed by atoms with Gasteiger partial charge in [-0.25, -0.2) is 0 Å². The van der Waals surface area contributed by atoms with Crippen LogP contribution in [0.1, 0.15) is 258 Å². The Bertz CT molecular complexity index is 1440. The van der Waals surface area contributed by atoms with Crippen LogP contribution in [0.4, 0.5) is 0 Å². The van der Waals surface area contributed by atoms with Crippen molar-refractivity contribution in [3.8, 4) is 0 Å². The zero-order valence-electron chi connectivity index (χ0n) is 45.5. The summed E-state index contributed by atoms with van der Waals surface area (Å²) in [5.41, 5.74) is 0. The Balaban J connectivity index is 4.48. The highest BCUT2D eigenvalue weighted by atomic mass is 16.6. The average Bonchev–Trinajstić information content (AvgIpc) is 3.36. The number of hydrogen-bond acceptors (Lipinski definition) is 6. The Morgan fingerprint density at radius 3 is 0.929 bits per heavy atom. The van der Waals surface area contributed by atoms with Gasteiger partial charge in [-0.2, -0.15) is 0 Å². The molecule has 0 fully saturated rings. The predicted octanol–water partition coefficient (Wildman–Crippen LogP) is 19.5. The molecule has 0 aromatic heterocycles. The summed E-state index contributed by atoms with van der Waals surface area (Å²) in [5.74, 6) is -1.03. The maximum absolute atomic E-state index is 12.8. The molecule has 70 heavy (non-hydrogen) atoms. The molecule has 0 aliphatic heterocycles. The maximum Gasteiger partial charge on any atom is 0.306 e. The molecule has 0 rings (SSSR count). The van der Waals surface area contributed by atoms with Crippen molar-refractivity contribution in [1.29, 1.82) is 0 Å². The van der Waals surface area contributed by atoms with Gasteiger partial charge in [-0.3, -0.25) is 14.4 Å². The van der Waals surface area contributed by atoms with Gasteiger partial charge in [0.2, 0.25) is 0 Å². The van der Waals surface area contributed by atoms with Gasteiger partial charge >= 0.3 is 17.9 Å². The molecule has 6 nitrogen and oxygen atoms in total. The van der Waals surface area contributed by atoms with Crippen LogP contribution in [0, 0.1) is 0 Å². The minimum absolute atomic E-state index is 0.117. The Hall–Kier alpha value is -3.93. The van der Waals surface area contributed by atoms with E-state index in [0.29, 0.717) is 19.3 Å². The molecular weight excluding hydrogens is 865 g/mol. The standard InChI is InChI=1S/C64H106O6/c1-4-7-10-13-16-19-22-25-27-29-31-33-34-36-39-42-45-48-51-54-57-63(66)69-60-61(59-68-62(65)56-53-50-47-44-41-38-24-21-18-15-12-9-6-3)70-64(67)58-55-52-49-46-43-40-37-35-32-30-28-26-23-20-17-14-11-8-5-2/h8-9,11-12,17-18,20-21,26,28,32,35,38,40-41,43,49,52,61H,4-7,10,13-16,19,22-25,27,29-31,33-34,36-37,39,42,44-48,50-51,53-60H2,1-3H3/b11-8-,12-9-,20-17-,21-18-,28-26-,35-32-,41-38-,43-40-,52-49-. The van der Waals surface area contributed by atoms with E-state index < -0.39 is 12.1 Å². The van der Waals surface area contributed by atoms with E-state index in [-0.39, 0.29) is 31.6 Å². The number of rotatable bonds is 51. The number of carbonyl (C=O) groups is 3. The van der Waals surface area contributed by atoms with Crippen molar-refractivity contribution >= 4 is 17.9 Å². The van der Waals surface area contributed by atoms with E-state index in [0.717, 1.165) is 103 Å². The number of esters is 3. The van der Waals surface area contributed by atoms with Crippen LogP contribution >= 0.6 is 0 Å². The number of ether oxygens (including phenoxy) is 3. The van der Waals surface area contributed by atoms with E-state index in [4.69, 9.17) is 14.2 Å². The van der Waals surface area contributed by atoms with Crippen molar-refractivity contribution in [2.75, 3.05) is 13.2 Å². The smallest absolute Gasteiger partial charge is 0.306 e. The topological polar surface area (TPSA) is 78.9 Å². The van der Waals surface area contributed by atoms with E-state index >= 15 is 0 Å². The summed E-state index contributed by atoms with van der Waals surface area (Å²) in [5, 5.41) is 0. The average molecular weight is 972 g/mol. The fraction of sp³-hybridized carbons (Fsp3) is 0.672. The highest BCUT2D eigenvalue weighted by molar-refractivity contribution is 5.71. The lowest BCUT2D eigenvalue weighted by molar-refractivity contribution is -0.166. The van der Waals surface area contributed by atoms with Gasteiger partial charge in [0.1, 0.15) is 13.2 Å². The first-order chi connectivity index (χ1) is 34.5. The summed E-state index contributed by atoms with van der Waals surface area (Å²) < 4.78 is 16.8. The summed E-state index contributed by atoms with van der Waals surface area (Å²) in [6.45, 7) is 6.34. The number of carbonyl (C=O) groups excluding carboxylic acids is 3. The van der Waals surface area contributed by atoms with Gasteiger partial charge in [-0.05, 0) is 89.9 Å². The Labute approximate surface area is 431 Å². The van der Waals surface area contributed by atoms with Crippen LogP contribution in [0.15, 0.2) is 109 Å². The highest BCUT2D eigenvalue weighted by Gasteiger charge is 2.19. The molecule has 1 atom stereocenters. The zero-order valence-corrected chi connectivity index (χ0v) is 45.5. The van der Waals surface area contributed by atoms with Gasteiger partial charge < -0.3 is 14.2 Å². The molecule has 0 aliphatic rings. The quantitative estimate of drug-likeness (QED) is 0.0262. The lowest BCUT2D eigenvalue weighted by Gasteiger charge is -2.18. The van der Waals surface area contributed by atoms with Crippen LogP contribution in [0.5, 0.6) is 0 Å². The lowest BCUT2D eigenvalue weighted by atomic mass is 10.0. The first-order valence-corrected chi connectivity index (χ1v) is 28.9. The molecule has 398 valence electrons. The van der Waals surface area contributed by atoms with E-state index in [1.165, 1.54) is 109 Å². The second-order valence-corrected chi connectivity index (χ2v) is 18.8. The summed E-state index contributed by atoms with van der Waals surface area (Å²) in [7, 11) is 0. The molecule has 0 radical (unpaired) electrons. The van der Waals surface area contributed by atoms with Crippen molar-refractivity contribution in [2.24, 2.45) is 0 Å². The molecule has 0 N–H and O–H groups in total. The van der Waals surface area contributed by atoms with Crippen LogP contribution in [-0.2, 0) is 28.6 Å². The Morgan fingerprint density at radius 2 is 0.586 bits per heavy atom. The first kappa shape index (κ1) is 66.1. The molecule has 1 unspecified atom stereocenters. The second kappa shape index (κ2) is 57.6. The second-order valence-electron chi connectivity index (χ2n) is 18.8. The van der Waals surface area contributed by atoms with Crippen LogP contribution in [-0.4, -0.2) is 37.2 Å². The monoisotopic (exact) mass is 971 g/mol. The van der Waals surface area contributed by atoms with Gasteiger partial charge in [-0.1, -0.05) is 259 Å². The van der Waals surface area contributed by atoms with E-state index in [1.54, 1.807) is 0 Å². The highest BCUT2D eigenvalue weighted by Crippen LogP contribution is 2.16. The van der Waals surface area contributed by atoms with Crippen LogP contribution in [0.25, 0.3) is 0 Å². The van der Waals surface area contributed by atoms with Crippen molar-refractivity contribution < 1.29 is 28.6 Å². The molecule has 0 heterocycles. The number of hydrogen-bond donors (Lipinski definition) is 0. The third kappa shape index (κ3) is 55.0. The van der Waals surface area contributed by atoms with Crippen molar-refractivity contribution in [3.05, 3.63) is 109 Å². The number of allylic oxidation sites excluding steroid dienone is 18. The first-order valence-electron chi connectivity index (χ1n) is 28.9. The van der Waals surface area contributed by atoms with E-state index in [2.05, 4.69) is 118 Å². The fourth-order valence-electron chi connectivity index (χ4n) is 7.78. The van der Waals surface area contributed by atoms with Gasteiger partial charge in [0, 0.05) is 19.3 Å². The summed E-state index contributed by atoms with van der Waals surface area (Å²) in [4.78, 5) is 38.1. The van der Waals surface area contributed by atoms with Crippen LogP contribution in [0.3, 0.4) is 0 Å². The minimum Gasteiger partial charge on any atom is -0.462 e. The van der Waals surface area contributed by atoms with Crippen molar-refractivity contribution in [3.63, 3.8) is 0 Å². The minimum atomic E-state index is -0.831. The SMILES string of the molecule is CC/C=C\C/C=C\C/C=C\C/C=C\C/C=C\C/C=C\CCC(=O)OC(COC(=O)CCCCC/C=C\C/C=C\C/C=C\CC)COC(=O)CCCCCCCCCCCCCCCCCCCCCC. The number of unbranched alkanes of at least 4 members (excludes halogenated alkanes) is 22. The van der Waals surface area contributed by atoms with Gasteiger partial charge in [0.25, 0.3) is 0 Å². The fourth-order valence-corrected chi connectivity index (χ4v) is 7.78. The molecule has 0 spiro atoms. The van der Waals surface area contributed by atoms with E-state index in [1.807, 2.05) is 12.2 Å². The molecular formula is C64H106O6. The maximum atomic E-state index is 12.8. The largest absolute Gasteiger partial charge is 0.462 e. The summed E-state index contributed by atoms with van der Waals surface area (Å²) >= 11 is 0.